The molecule has 0 bridgehead atoms. The van der Waals surface area contributed by atoms with Crippen LogP contribution in [0.25, 0.3) is 0 Å². The van der Waals surface area contributed by atoms with Crippen molar-refractivity contribution in [1.82, 2.24) is 0 Å². The van der Waals surface area contributed by atoms with Gasteiger partial charge in [0.25, 0.3) is 20.2 Å². The second-order valence-corrected chi connectivity index (χ2v) is 5.19. The minimum Gasteiger partial charge on any atom is -0.328 e. The molecule has 0 saturated carbocycles. The minimum atomic E-state index is -4.84. The van der Waals surface area contributed by atoms with Crippen LogP contribution in [0.15, 0.2) is 0 Å². The quantitative estimate of drug-likeness (QED) is 0.455. The Morgan fingerprint density at radius 1 is 1.09 bits per heavy atom. The first-order chi connectivity index (χ1) is 4.69. The first kappa shape index (κ1) is 10.8. The fourth-order valence-corrected chi connectivity index (χ4v) is 2.11. The summed E-state index contributed by atoms with van der Waals surface area (Å²) in [4.78, 5) is 0. The molecule has 0 aromatic heterocycles. The highest BCUT2D eigenvalue weighted by Crippen LogP contribution is 2.03. The maximum absolute atomic E-state index is 10.1. The Morgan fingerprint density at radius 2 is 1.36 bits per heavy atom. The summed E-state index contributed by atoms with van der Waals surface area (Å²) >= 11 is 0. The molecule has 0 unspecified atom stereocenters. The van der Waals surface area contributed by atoms with Crippen LogP contribution in [0.1, 0.15) is 0 Å². The third-order valence-corrected chi connectivity index (χ3v) is 4.03. The van der Waals surface area contributed by atoms with Crippen molar-refractivity contribution in [3.05, 3.63) is 0 Å². The van der Waals surface area contributed by atoms with Gasteiger partial charge in [0.05, 0.1) is 0 Å². The molecule has 0 saturated heterocycles. The number of hydrogen-bond acceptors (Lipinski definition) is 5. The fraction of sp³-hybridized carbons (Fsp3) is 1.00. The lowest BCUT2D eigenvalue weighted by molar-refractivity contribution is 0.455. The van der Waals surface area contributed by atoms with Gasteiger partial charge in [0.15, 0.2) is 0 Å². The Kier molecular flexibility index (Phi) is 2.97. The van der Waals surface area contributed by atoms with Crippen LogP contribution < -0.4 is 5.73 Å². The first-order valence-electron chi connectivity index (χ1n) is 2.32. The summed E-state index contributed by atoms with van der Waals surface area (Å²) in [6.07, 6.45) is 0. The van der Waals surface area contributed by atoms with Gasteiger partial charge in [-0.25, -0.2) is 0 Å². The molecule has 0 aliphatic rings. The molecule has 0 radical (unpaired) electrons. The van der Waals surface area contributed by atoms with E-state index in [2.05, 4.69) is 5.73 Å². The van der Waals surface area contributed by atoms with Gasteiger partial charge >= 0.3 is 0 Å². The summed E-state index contributed by atoms with van der Waals surface area (Å²) in [6, 6.07) is 0. The predicted molar refractivity (Wildman–Crippen MR) is 35.9 cm³/mol. The summed E-state index contributed by atoms with van der Waals surface area (Å²) in [5.74, 6) is 0. The van der Waals surface area contributed by atoms with E-state index < -0.39 is 31.4 Å². The fourth-order valence-electron chi connectivity index (χ4n) is 0.397. The standard InChI is InChI=1S/C2H7NO6S2/c3-1-2(10(4,5)6)11(7,8)9/h2H,1,3H2,(H,4,5,6)(H,7,8,9). The predicted octanol–water partition coefficient (Wildman–Crippen LogP) is -1.95. The highest BCUT2D eigenvalue weighted by atomic mass is 32.3. The van der Waals surface area contributed by atoms with Crippen molar-refractivity contribution < 1.29 is 25.9 Å². The molecule has 0 spiro atoms. The molecule has 0 amide bonds. The van der Waals surface area contributed by atoms with E-state index in [4.69, 9.17) is 9.11 Å². The van der Waals surface area contributed by atoms with Crippen LogP contribution in [0.3, 0.4) is 0 Å². The molecule has 0 aromatic rings. The molecule has 0 aliphatic carbocycles. The third-order valence-electron chi connectivity index (χ3n) is 0.857. The van der Waals surface area contributed by atoms with Gasteiger partial charge in [0.2, 0.25) is 4.58 Å². The monoisotopic (exact) mass is 205 g/mol. The average molecular weight is 205 g/mol. The van der Waals surface area contributed by atoms with E-state index in [0.29, 0.717) is 0 Å². The normalized spacial score (nSPS) is 13.8. The summed E-state index contributed by atoms with van der Waals surface area (Å²) in [7, 11) is -9.67. The van der Waals surface area contributed by atoms with Crippen molar-refractivity contribution in [3.63, 3.8) is 0 Å². The van der Waals surface area contributed by atoms with E-state index in [1.54, 1.807) is 0 Å². The molecule has 0 heterocycles. The van der Waals surface area contributed by atoms with Crippen LogP contribution in [0.2, 0.25) is 0 Å². The van der Waals surface area contributed by atoms with Crippen LogP contribution >= 0.6 is 0 Å². The molecule has 0 rings (SSSR count). The molecule has 9 heteroatoms. The molecule has 68 valence electrons. The van der Waals surface area contributed by atoms with Gasteiger partial charge < -0.3 is 5.73 Å². The van der Waals surface area contributed by atoms with Gasteiger partial charge in [-0.2, -0.15) is 16.8 Å². The van der Waals surface area contributed by atoms with Crippen molar-refractivity contribution in [2.45, 2.75) is 4.58 Å². The SMILES string of the molecule is NCC(S(=O)(=O)O)S(=O)(=O)O. The van der Waals surface area contributed by atoms with E-state index in [1.165, 1.54) is 0 Å². The number of rotatable bonds is 3. The Bertz CT molecular complexity index is 280. The van der Waals surface area contributed by atoms with Gasteiger partial charge in [-0.15, -0.1) is 0 Å². The summed E-state index contributed by atoms with van der Waals surface area (Å²) in [5, 5.41) is 0. The third kappa shape index (κ3) is 3.12. The smallest absolute Gasteiger partial charge is 0.286 e. The van der Waals surface area contributed by atoms with Gasteiger partial charge in [-0.1, -0.05) is 0 Å². The Hall–Kier alpha value is -0.220. The van der Waals surface area contributed by atoms with Crippen LogP contribution in [0, 0.1) is 0 Å². The van der Waals surface area contributed by atoms with Crippen molar-refractivity contribution in [2.24, 2.45) is 5.73 Å². The summed E-state index contributed by atoms with van der Waals surface area (Å²) < 4.78 is 54.6. The van der Waals surface area contributed by atoms with E-state index in [1.807, 2.05) is 0 Å². The zero-order valence-electron chi connectivity index (χ0n) is 5.21. The summed E-state index contributed by atoms with van der Waals surface area (Å²) in [5.41, 5.74) is 4.67. The van der Waals surface area contributed by atoms with Gasteiger partial charge in [-0.3, -0.25) is 9.11 Å². The largest absolute Gasteiger partial charge is 0.328 e. The first-order valence-corrected chi connectivity index (χ1v) is 5.33. The van der Waals surface area contributed by atoms with Crippen LogP contribution in [-0.2, 0) is 20.2 Å². The maximum Gasteiger partial charge on any atom is 0.286 e. The van der Waals surface area contributed by atoms with Crippen molar-refractivity contribution in [2.75, 3.05) is 6.54 Å². The lowest BCUT2D eigenvalue weighted by Crippen LogP contribution is -2.36. The molecule has 0 atom stereocenters. The highest BCUT2D eigenvalue weighted by Gasteiger charge is 2.33. The molecular weight excluding hydrogens is 198 g/mol. The summed E-state index contributed by atoms with van der Waals surface area (Å²) in [6.45, 7) is -0.891. The van der Waals surface area contributed by atoms with Gasteiger partial charge in [-0.05, 0) is 0 Å². The van der Waals surface area contributed by atoms with Crippen LogP contribution in [0.4, 0.5) is 0 Å². The molecular formula is C2H7NO6S2. The van der Waals surface area contributed by atoms with Crippen molar-refractivity contribution in [3.8, 4) is 0 Å². The van der Waals surface area contributed by atoms with Gasteiger partial charge in [0.1, 0.15) is 0 Å². The molecule has 11 heavy (non-hydrogen) atoms. The molecule has 0 aliphatic heterocycles. The Morgan fingerprint density at radius 3 is 1.36 bits per heavy atom. The zero-order chi connectivity index (χ0) is 9.28. The number of nitrogens with two attached hydrogens (primary N) is 1. The topological polar surface area (TPSA) is 135 Å². The molecule has 4 N–H and O–H groups in total. The second kappa shape index (κ2) is 3.03. The van der Waals surface area contributed by atoms with E-state index in [9.17, 15) is 16.8 Å². The minimum absolute atomic E-state index is 0.891. The van der Waals surface area contributed by atoms with Crippen LogP contribution in [0.5, 0.6) is 0 Å². The maximum atomic E-state index is 10.1. The van der Waals surface area contributed by atoms with E-state index >= 15 is 0 Å². The molecule has 0 fully saturated rings. The molecule has 0 aromatic carbocycles. The lowest BCUT2D eigenvalue weighted by atomic mass is 10.8. The Balaban J connectivity index is 5.05. The number of hydrogen-bond donors (Lipinski definition) is 3. The Labute approximate surface area is 63.7 Å². The van der Waals surface area contributed by atoms with Crippen molar-refractivity contribution in [1.29, 1.82) is 0 Å². The zero-order valence-corrected chi connectivity index (χ0v) is 6.84. The van der Waals surface area contributed by atoms with E-state index in [-0.39, 0.29) is 0 Å². The van der Waals surface area contributed by atoms with Crippen molar-refractivity contribution >= 4 is 20.2 Å². The molecule has 7 nitrogen and oxygen atoms in total. The highest BCUT2D eigenvalue weighted by molar-refractivity contribution is 8.04. The second-order valence-electron chi connectivity index (χ2n) is 1.70. The van der Waals surface area contributed by atoms with E-state index in [0.717, 1.165) is 0 Å². The average Bonchev–Trinajstić information content (AvgIpc) is 1.56. The lowest BCUT2D eigenvalue weighted by Gasteiger charge is -2.05. The van der Waals surface area contributed by atoms with Gasteiger partial charge in [0, 0.05) is 6.54 Å². The van der Waals surface area contributed by atoms with Crippen LogP contribution in [-0.4, -0.2) is 37.1 Å².